The normalized spacial score (nSPS) is 11.1. The molecule has 0 heterocycles. The maximum atomic E-state index is 13.5. The second-order valence-corrected chi connectivity index (χ2v) is 7.59. The van der Waals surface area contributed by atoms with Gasteiger partial charge >= 0.3 is 0 Å². The van der Waals surface area contributed by atoms with Crippen LogP contribution >= 0.6 is 0 Å². The lowest BCUT2D eigenvalue weighted by atomic mass is 10.2. The summed E-state index contributed by atoms with van der Waals surface area (Å²) in [5.74, 6) is -1.55. The van der Waals surface area contributed by atoms with E-state index in [9.17, 15) is 22.4 Å². The number of anilines is 1. The Bertz CT molecular complexity index is 674. The van der Waals surface area contributed by atoms with Gasteiger partial charge in [-0.05, 0) is 24.6 Å². The average Bonchev–Trinajstić information content (AvgIpc) is 2.49. The Morgan fingerprint density at radius 2 is 1.83 bits per heavy atom. The van der Waals surface area contributed by atoms with E-state index >= 15 is 0 Å². The Kier molecular flexibility index (Phi) is 7.15. The predicted molar refractivity (Wildman–Crippen MR) is 86.3 cm³/mol. The van der Waals surface area contributed by atoms with Crippen molar-refractivity contribution in [2.45, 2.75) is 26.7 Å². The number of sulfone groups is 1. The maximum Gasteiger partial charge on any atom is 0.224 e. The molecule has 0 unspecified atom stereocenters. The van der Waals surface area contributed by atoms with Gasteiger partial charge in [0, 0.05) is 25.1 Å². The minimum absolute atomic E-state index is 0.0170. The van der Waals surface area contributed by atoms with Gasteiger partial charge in [0.25, 0.3) is 0 Å². The molecular weight excluding hydrogens is 323 g/mol. The van der Waals surface area contributed by atoms with Crippen molar-refractivity contribution in [3.05, 3.63) is 29.6 Å². The van der Waals surface area contributed by atoms with Gasteiger partial charge in [-0.2, -0.15) is 0 Å². The quantitative estimate of drug-likeness (QED) is 0.746. The van der Waals surface area contributed by atoms with Gasteiger partial charge in [-0.15, -0.1) is 0 Å². The third-order valence-electron chi connectivity index (χ3n) is 3.15. The first-order chi connectivity index (χ1) is 10.7. The molecule has 1 aromatic rings. The minimum Gasteiger partial charge on any atom is -0.355 e. The lowest BCUT2D eigenvalue weighted by Gasteiger charge is -2.08. The van der Waals surface area contributed by atoms with Crippen molar-refractivity contribution < 1.29 is 22.4 Å². The molecule has 1 rings (SSSR count). The third-order valence-corrected chi connectivity index (χ3v) is 4.86. The van der Waals surface area contributed by atoms with Gasteiger partial charge in [-0.1, -0.05) is 13.0 Å². The number of carbonyl (C=O) groups excluding carboxylic acids is 2. The molecule has 23 heavy (non-hydrogen) atoms. The van der Waals surface area contributed by atoms with E-state index < -0.39 is 27.5 Å². The lowest BCUT2D eigenvalue weighted by Crippen LogP contribution is -2.30. The molecule has 0 atom stereocenters. The molecule has 0 aliphatic heterocycles. The van der Waals surface area contributed by atoms with E-state index in [1.165, 1.54) is 19.1 Å². The van der Waals surface area contributed by atoms with Crippen LogP contribution in [0.1, 0.15) is 25.3 Å². The van der Waals surface area contributed by atoms with Gasteiger partial charge in [0.15, 0.2) is 9.84 Å². The number of hydrogen-bond acceptors (Lipinski definition) is 4. The summed E-state index contributed by atoms with van der Waals surface area (Å²) in [5.41, 5.74) is 0.876. The zero-order valence-electron chi connectivity index (χ0n) is 13.2. The zero-order valence-corrected chi connectivity index (χ0v) is 14.0. The molecular formula is C15H21FN2O4S. The summed E-state index contributed by atoms with van der Waals surface area (Å²) in [5, 5.41) is 4.85. The van der Waals surface area contributed by atoms with E-state index in [-0.39, 0.29) is 36.6 Å². The van der Waals surface area contributed by atoms with Crippen molar-refractivity contribution in [3.8, 4) is 0 Å². The number of carbonyl (C=O) groups is 2. The molecule has 2 amide bonds. The van der Waals surface area contributed by atoms with Crippen molar-refractivity contribution in [1.29, 1.82) is 0 Å². The number of amides is 2. The molecule has 8 heteroatoms. The molecule has 0 fully saturated rings. The molecule has 6 nitrogen and oxygen atoms in total. The topological polar surface area (TPSA) is 92.3 Å². The molecule has 128 valence electrons. The summed E-state index contributed by atoms with van der Waals surface area (Å²) in [7, 11) is -3.13. The molecule has 0 aromatic heterocycles. The van der Waals surface area contributed by atoms with Crippen LogP contribution in [0.3, 0.4) is 0 Å². The molecule has 0 radical (unpaired) electrons. The number of benzene rings is 1. The Hall–Kier alpha value is -1.96. The van der Waals surface area contributed by atoms with Crippen molar-refractivity contribution in [1.82, 2.24) is 5.32 Å². The predicted octanol–water partition coefficient (Wildman–Crippen LogP) is 1.40. The molecule has 0 saturated carbocycles. The number of rotatable bonds is 8. The van der Waals surface area contributed by atoms with Crippen LogP contribution in [0.5, 0.6) is 0 Å². The van der Waals surface area contributed by atoms with Crippen molar-refractivity contribution >= 4 is 27.3 Å². The largest absolute Gasteiger partial charge is 0.355 e. The fraction of sp³-hybridized carbons (Fsp3) is 0.467. The molecule has 1 aromatic carbocycles. The Labute approximate surface area is 135 Å². The van der Waals surface area contributed by atoms with Crippen LogP contribution in [0.4, 0.5) is 10.1 Å². The van der Waals surface area contributed by atoms with E-state index in [1.807, 2.05) is 0 Å². The van der Waals surface area contributed by atoms with E-state index in [0.717, 1.165) is 5.56 Å². The van der Waals surface area contributed by atoms with E-state index in [2.05, 4.69) is 10.6 Å². The van der Waals surface area contributed by atoms with Crippen LogP contribution in [0, 0.1) is 12.7 Å². The summed E-state index contributed by atoms with van der Waals surface area (Å²) in [6.07, 6.45) is -0.203. The summed E-state index contributed by atoms with van der Waals surface area (Å²) in [4.78, 5) is 23.2. The fourth-order valence-corrected chi connectivity index (χ4v) is 2.46. The van der Waals surface area contributed by atoms with Gasteiger partial charge in [-0.3, -0.25) is 9.59 Å². The summed E-state index contributed by atoms with van der Waals surface area (Å²) < 4.78 is 36.0. The van der Waals surface area contributed by atoms with Crippen LogP contribution in [-0.2, 0) is 19.4 Å². The smallest absolute Gasteiger partial charge is 0.224 e. The highest BCUT2D eigenvalue weighted by molar-refractivity contribution is 7.91. The lowest BCUT2D eigenvalue weighted by molar-refractivity contribution is -0.124. The molecule has 0 spiro atoms. The summed E-state index contributed by atoms with van der Waals surface area (Å²) >= 11 is 0. The number of hydrogen-bond donors (Lipinski definition) is 2. The van der Waals surface area contributed by atoms with Crippen LogP contribution in [-0.4, -0.2) is 38.3 Å². The Morgan fingerprint density at radius 1 is 1.17 bits per heavy atom. The highest BCUT2D eigenvalue weighted by Crippen LogP contribution is 2.15. The van der Waals surface area contributed by atoms with Crippen LogP contribution in [0.15, 0.2) is 18.2 Å². The summed E-state index contributed by atoms with van der Waals surface area (Å²) in [6.45, 7) is 3.32. The molecule has 2 N–H and O–H groups in total. The standard InChI is InChI=1S/C15H21FN2O4S/c1-3-23(21,22)9-8-17-14(19)6-7-15(20)18-13-10-11(2)4-5-12(13)16/h4-5,10H,3,6-9H2,1-2H3,(H,17,19)(H,18,20). The van der Waals surface area contributed by atoms with Crippen molar-refractivity contribution in [3.63, 3.8) is 0 Å². The Morgan fingerprint density at radius 3 is 2.48 bits per heavy atom. The molecule has 0 aliphatic carbocycles. The van der Waals surface area contributed by atoms with Crippen molar-refractivity contribution in [2.24, 2.45) is 0 Å². The number of aryl methyl sites for hydroxylation is 1. The first-order valence-electron chi connectivity index (χ1n) is 7.26. The average molecular weight is 344 g/mol. The first kappa shape index (κ1) is 19.1. The molecule has 0 bridgehead atoms. The second-order valence-electron chi connectivity index (χ2n) is 5.12. The van der Waals surface area contributed by atoms with Crippen LogP contribution < -0.4 is 10.6 Å². The van der Waals surface area contributed by atoms with Gasteiger partial charge in [0.1, 0.15) is 5.82 Å². The fourth-order valence-electron chi connectivity index (χ4n) is 1.75. The van der Waals surface area contributed by atoms with E-state index in [4.69, 9.17) is 0 Å². The highest BCUT2D eigenvalue weighted by atomic mass is 32.2. The minimum atomic E-state index is -3.13. The highest BCUT2D eigenvalue weighted by Gasteiger charge is 2.11. The monoisotopic (exact) mass is 344 g/mol. The zero-order chi connectivity index (χ0) is 17.5. The van der Waals surface area contributed by atoms with E-state index in [1.54, 1.807) is 13.0 Å². The van der Waals surface area contributed by atoms with Gasteiger partial charge in [-0.25, -0.2) is 12.8 Å². The summed E-state index contributed by atoms with van der Waals surface area (Å²) in [6, 6.07) is 4.34. The third kappa shape index (κ3) is 7.23. The molecule has 0 saturated heterocycles. The van der Waals surface area contributed by atoms with Gasteiger partial charge in [0.2, 0.25) is 11.8 Å². The van der Waals surface area contributed by atoms with Gasteiger partial charge in [0.05, 0.1) is 11.4 Å². The SMILES string of the molecule is CCS(=O)(=O)CCNC(=O)CCC(=O)Nc1cc(C)ccc1F. The van der Waals surface area contributed by atoms with Crippen LogP contribution in [0.2, 0.25) is 0 Å². The number of halogens is 1. The van der Waals surface area contributed by atoms with E-state index in [0.29, 0.717) is 0 Å². The first-order valence-corrected chi connectivity index (χ1v) is 9.09. The number of nitrogens with one attached hydrogen (secondary N) is 2. The maximum absolute atomic E-state index is 13.5. The molecule has 0 aliphatic rings. The van der Waals surface area contributed by atoms with Crippen LogP contribution in [0.25, 0.3) is 0 Å². The second kappa shape index (κ2) is 8.61. The van der Waals surface area contributed by atoms with Crippen molar-refractivity contribution in [2.75, 3.05) is 23.4 Å². The van der Waals surface area contributed by atoms with Gasteiger partial charge < -0.3 is 10.6 Å². The Balaban J connectivity index is 2.35.